The van der Waals surface area contributed by atoms with Crippen molar-refractivity contribution in [2.24, 2.45) is 5.92 Å². The highest BCUT2D eigenvalue weighted by Crippen LogP contribution is 2.14. The first kappa shape index (κ1) is 35.6. The summed E-state index contributed by atoms with van der Waals surface area (Å²) >= 11 is 0. The summed E-state index contributed by atoms with van der Waals surface area (Å²) < 4.78 is 10.7. The highest BCUT2D eigenvalue weighted by atomic mass is 16.5. The quantitative estimate of drug-likeness (QED) is 0.0676. The Morgan fingerprint density at radius 2 is 1.49 bits per heavy atom. The van der Waals surface area contributed by atoms with Gasteiger partial charge in [0.05, 0.1) is 26.4 Å². The first-order chi connectivity index (χ1) is 18.9. The van der Waals surface area contributed by atoms with Crippen LogP contribution in [0.4, 0.5) is 4.79 Å². The number of urea groups is 1. The zero-order valence-corrected chi connectivity index (χ0v) is 23.0. The highest BCUT2D eigenvalue weighted by Gasteiger charge is 2.19. The van der Waals surface area contributed by atoms with Gasteiger partial charge in [0.2, 0.25) is 24.1 Å². The maximum absolute atomic E-state index is 12.4. The molecular formula is C27H45N5O7. The van der Waals surface area contributed by atoms with Gasteiger partial charge in [-0.1, -0.05) is 43.4 Å². The Bertz CT molecular complexity index is 786. The van der Waals surface area contributed by atoms with E-state index < -0.39 is 17.9 Å². The van der Waals surface area contributed by atoms with Crippen molar-refractivity contribution < 1.29 is 33.4 Å². The van der Waals surface area contributed by atoms with E-state index in [9.17, 15) is 24.0 Å². The third kappa shape index (κ3) is 23.5. The second kappa shape index (κ2) is 26.3. The number of amides is 6. The molecule has 0 fully saturated rings. The molecule has 0 saturated heterocycles. The van der Waals surface area contributed by atoms with Crippen LogP contribution in [-0.4, -0.2) is 83.3 Å². The number of hydrogen-bond donors (Lipinski definition) is 5. The number of allylic oxidation sites excluding steroid dienone is 5. The molecule has 5 N–H and O–H groups in total. The molecule has 12 nitrogen and oxygen atoms in total. The zero-order valence-electron chi connectivity index (χ0n) is 23.0. The van der Waals surface area contributed by atoms with Crippen molar-refractivity contribution in [3.8, 4) is 0 Å². The molecule has 6 amide bonds. The summed E-state index contributed by atoms with van der Waals surface area (Å²) in [6.45, 7) is 7.22. The third-order valence-electron chi connectivity index (χ3n) is 5.26. The van der Waals surface area contributed by atoms with Crippen LogP contribution in [0, 0.1) is 5.92 Å². The predicted octanol–water partition coefficient (Wildman–Crippen LogP) is 1.10. The number of nitrogens with one attached hydrogen (secondary N) is 5. The average molecular weight is 552 g/mol. The molecule has 0 aromatic heterocycles. The van der Waals surface area contributed by atoms with Crippen molar-refractivity contribution in [1.29, 1.82) is 0 Å². The topological polar surface area (TPSA) is 164 Å². The first-order valence-electron chi connectivity index (χ1n) is 13.3. The normalized spacial score (nSPS) is 11.7. The fraction of sp³-hybridized carbons (Fsp3) is 0.593. The van der Waals surface area contributed by atoms with E-state index in [2.05, 4.69) is 27.8 Å². The number of carbonyl (C=O) groups excluding carboxylic acids is 5. The van der Waals surface area contributed by atoms with E-state index >= 15 is 0 Å². The summed E-state index contributed by atoms with van der Waals surface area (Å²) in [7, 11) is 1.86. The molecule has 0 heterocycles. The van der Waals surface area contributed by atoms with Crippen molar-refractivity contribution in [3.05, 3.63) is 37.0 Å². The van der Waals surface area contributed by atoms with Crippen molar-refractivity contribution in [3.63, 3.8) is 0 Å². The Morgan fingerprint density at radius 3 is 2.13 bits per heavy atom. The summed E-state index contributed by atoms with van der Waals surface area (Å²) in [5, 5.41) is 12.6. The number of hydrogen-bond acceptors (Lipinski definition) is 8. The van der Waals surface area contributed by atoms with E-state index in [1.54, 1.807) is 24.3 Å². The van der Waals surface area contributed by atoms with Gasteiger partial charge in [-0.2, -0.15) is 0 Å². The second-order valence-corrected chi connectivity index (χ2v) is 8.44. The minimum atomic E-state index is -0.869. The first-order valence-corrected chi connectivity index (χ1v) is 13.3. The minimum absolute atomic E-state index is 0.128. The lowest BCUT2D eigenvalue weighted by molar-refractivity contribution is -0.124. The van der Waals surface area contributed by atoms with E-state index in [0.29, 0.717) is 71.6 Å². The predicted molar refractivity (Wildman–Crippen MR) is 149 cm³/mol. The van der Waals surface area contributed by atoms with Crippen molar-refractivity contribution in [1.82, 2.24) is 26.6 Å². The van der Waals surface area contributed by atoms with Gasteiger partial charge in [0.25, 0.3) is 0 Å². The number of carbonyl (C=O) groups is 5. The molecular weight excluding hydrogens is 506 g/mol. The fourth-order valence-corrected chi connectivity index (χ4v) is 3.21. The van der Waals surface area contributed by atoms with Crippen LogP contribution >= 0.6 is 0 Å². The van der Waals surface area contributed by atoms with E-state index in [-0.39, 0.29) is 31.1 Å². The lowest BCUT2D eigenvalue weighted by atomic mass is 9.97. The lowest BCUT2D eigenvalue weighted by Gasteiger charge is -2.14. The van der Waals surface area contributed by atoms with Crippen molar-refractivity contribution >= 4 is 30.2 Å². The van der Waals surface area contributed by atoms with Crippen LogP contribution in [0.15, 0.2) is 37.0 Å². The van der Waals surface area contributed by atoms with Crippen LogP contribution in [0.5, 0.6) is 0 Å². The maximum atomic E-state index is 12.4. The summed E-state index contributed by atoms with van der Waals surface area (Å²) in [6.07, 6.45) is 12.1. The Balaban J connectivity index is 4.04. The molecule has 0 aliphatic heterocycles. The van der Waals surface area contributed by atoms with Gasteiger partial charge >= 0.3 is 6.03 Å². The average Bonchev–Trinajstić information content (AvgIpc) is 2.90. The van der Waals surface area contributed by atoms with Crippen molar-refractivity contribution in [2.45, 2.75) is 44.9 Å². The van der Waals surface area contributed by atoms with E-state index in [0.717, 1.165) is 6.54 Å². The van der Waals surface area contributed by atoms with E-state index in [1.165, 1.54) is 0 Å². The molecule has 0 aromatic carbocycles. The van der Waals surface area contributed by atoms with Gasteiger partial charge in [-0.15, -0.1) is 0 Å². The Labute approximate surface area is 231 Å². The summed E-state index contributed by atoms with van der Waals surface area (Å²) in [5.74, 6) is -1.21. The van der Waals surface area contributed by atoms with Crippen LogP contribution in [0.3, 0.4) is 0 Å². The molecule has 0 saturated carbocycles. The molecule has 0 aromatic rings. The number of likely N-dealkylation sites (N-methyl/N-ethyl adjacent to an activating group) is 1. The molecule has 0 bridgehead atoms. The standard InChI is InChI=1S/C27H45N5O7/c1-3-4-5-6-7-11-23(26(36)32-27(37)31-22-33)12-8-9-15-29-24(34)13-10-14-25(35)30-17-19-39-21-20-38-18-16-28-2/h3-7,22-23,28H,1,8-21H2,2H3,(H,29,34)(H,30,35)(H2,31,32,33,36,37)/b5-4-,7-6-. The highest BCUT2D eigenvalue weighted by molar-refractivity contribution is 5.98. The number of rotatable bonds is 24. The maximum Gasteiger partial charge on any atom is 0.327 e. The van der Waals surface area contributed by atoms with Gasteiger partial charge in [0.1, 0.15) is 0 Å². The van der Waals surface area contributed by atoms with Gasteiger partial charge < -0.3 is 25.4 Å². The van der Waals surface area contributed by atoms with Crippen LogP contribution in [0.25, 0.3) is 0 Å². The van der Waals surface area contributed by atoms with Gasteiger partial charge in [-0.05, 0) is 32.7 Å². The summed E-state index contributed by atoms with van der Waals surface area (Å²) in [6, 6.07) is -0.869. The molecule has 39 heavy (non-hydrogen) atoms. The molecule has 1 unspecified atom stereocenters. The molecule has 0 rings (SSSR count). The van der Waals surface area contributed by atoms with Crippen molar-refractivity contribution in [2.75, 3.05) is 53.1 Å². The smallest absolute Gasteiger partial charge is 0.327 e. The molecule has 0 radical (unpaired) electrons. The third-order valence-corrected chi connectivity index (χ3v) is 5.26. The SMILES string of the molecule is C=C/C=C\C=C/CC(CCCCNC(=O)CCCC(=O)NCCOCCOCCNC)C(=O)NC(=O)NC=O. The number of ether oxygens (including phenoxy) is 2. The summed E-state index contributed by atoms with van der Waals surface area (Å²) in [5.41, 5.74) is 0. The van der Waals surface area contributed by atoms with Gasteiger partial charge in [-0.3, -0.25) is 29.8 Å². The lowest BCUT2D eigenvalue weighted by Crippen LogP contribution is -2.41. The van der Waals surface area contributed by atoms with Crippen LogP contribution < -0.4 is 26.6 Å². The van der Waals surface area contributed by atoms with Crippen LogP contribution in [0.2, 0.25) is 0 Å². The Kier molecular flexibility index (Phi) is 24.0. The second-order valence-electron chi connectivity index (χ2n) is 8.44. The molecule has 0 aliphatic carbocycles. The summed E-state index contributed by atoms with van der Waals surface area (Å²) in [4.78, 5) is 58.1. The van der Waals surface area contributed by atoms with E-state index in [1.807, 2.05) is 18.4 Å². The molecule has 0 spiro atoms. The van der Waals surface area contributed by atoms with Gasteiger partial charge in [0.15, 0.2) is 0 Å². The number of unbranched alkanes of at least 4 members (excludes halogenated alkanes) is 1. The van der Waals surface area contributed by atoms with Gasteiger partial charge in [0, 0.05) is 38.4 Å². The Hall–Kier alpha value is -3.35. The minimum Gasteiger partial charge on any atom is -0.378 e. The van der Waals surface area contributed by atoms with Crippen LogP contribution in [0.1, 0.15) is 44.9 Å². The molecule has 1 atom stereocenters. The van der Waals surface area contributed by atoms with E-state index in [4.69, 9.17) is 9.47 Å². The number of imide groups is 2. The van der Waals surface area contributed by atoms with Gasteiger partial charge in [-0.25, -0.2) is 4.79 Å². The molecule has 0 aliphatic rings. The Morgan fingerprint density at radius 1 is 0.821 bits per heavy atom. The zero-order chi connectivity index (χ0) is 29.0. The largest absolute Gasteiger partial charge is 0.378 e. The fourth-order valence-electron chi connectivity index (χ4n) is 3.21. The monoisotopic (exact) mass is 551 g/mol. The van der Waals surface area contributed by atoms with Crippen LogP contribution in [-0.2, 0) is 28.7 Å². The molecule has 12 heteroatoms. The molecule has 220 valence electrons.